The third-order valence-electron chi connectivity index (χ3n) is 9.46. The van der Waals surface area contributed by atoms with E-state index in [9.17, 15) is 15.0 Å². The smallest absolute Gasteiger partial charge is 0.302 e. The molecule has 2 N–H and O–H groups in total. The number of carbonyl (C=O) groups excluding carboxylic acids is 1. The van der Waals surface area contributed by atoms with Crippen LogP contribution >= 0.6 is 0 Å². The van der Waals surface area contributed by atoms with Crippen molar-refractivity contribution in [1.29, 1.82) is 0 Å². The van der Waals surface area contributed by atoms with Gasteiger partial charge in [0.25, 0.3) is 0 Å². The number of fused-ring (bicyclic) bond motifs is 3. The number of rotatable bonds is 5. The Hall–Kier alpha value is -1.13. The van der Waals surface area contributed by atoms with Crippen LogP contribution in [-0.2, 0) is 9.53 Å². The molecular formula is C27H44O4. The summed E-state index contributed by atoms with van der Waals surface area (Å²) in [5.74, 6) is 0.573. The summed E-state index contributed by atoms with van der Waals surface area (Å²) in [6.45, 7) is 17.5. The summed E-state index contributed by atoms with van der Waals surface area (Å²) in [4.78, 5) is 11.0. The van der Waals surface area contributed by atoms with Crippen LogP contribution in [0.3, 0.4) is 0 Å². The molecule has 0 aromatic rings. The van der Waals surface area contributed by atoms with Crippen molar-refractivity contribution < 1.29 is 19.7 Å². The Balaban J connectivity index is 1.86. The topological polar surface area (TPSA) is 66.8 Å². The minimum absolute atomic E-state index is 0.0364. The molecule has 0 aromatic carbocycles. The van der Waals surface area contributed by atoms with Crippen molar-refractivity contribution in [3.63, 3.8) is 0 Å². The molecule has 0 saturated heterocycles. The monoisotopic (exact) mass is 432 g/mol. The van der Waals surface area contributed by atoms with Gasteiger partial charge in [-0.25, -0.2) is 0 Å². The molecule has 4 heteroatoms. The lowest BCUT2D eigenvalue weighted by Crippen LogP contribution is -2.67. The van der Waals surface area contributed by atoms with Crippen molar-refractivity contribution in [2.24, 2.45) is 34.0 Å². The molecule has 0 heterocycles. The van der Waals surface area contributed by atoms with E-state index < -0.39 is 6.10 Å². The quantitative estimate of drug-likeness (QED) is 0.449. The first-order valence-corrected chi connectivity index (χ1v) is 12.2. The zero-order valence-electron chi connectivity index (χ0n) is 20.5. The molecule has 31 heavy (non-hydrogen) atoms. The van der Waals surface area contributed by atoms with Gasteiger partial charge in [-0.05, 0) is 86.5 Å². The van der Waals surface area contributed by atoms with Crippen LogP contribution in [0.5, 0.6) is 0 Å². The Labute approximate surface area is 189 Å². The van der Waals surface area contributed by atoms with Gasteiger partial charge in [0.15, 0.2) is 0 Å². The molecule has 2 unspecified atom stereocenters. The van der Waals surface area contributed by atoms with Crippen molar-refractivity contribution in [2.75, 3.05) is 6.61 Å². The summed E-state index contributed by atoms with van der Waals surface area (Å²) in [6, 6.07) is 0. The lowest BCUT2D eigenvalue weighted by atomic mass is 9.37. The van der Waals surface area contributed by atoms with Crippen LogP contribution in [0.15, 0.2) is 23.8 Å². The van der Waals surface area contributed by atoms with Gasteiger partial charge in [0.05, 0.1) is 12.2 Å². The number of aliphatic hydroxyl groups is 2. The summed E-state index contributed by atoms with van der Waals surface area (Å²) in [5, 5.41) is 22.8. The fraction of sp³-hybridized carbons (Fsp3) is 0.815. The zero-order valence-corrected chi connectivity index (χ0v) is 20.5. The van der Waals surface area contributed by atoms with Crippen molar-refractivity contribution in [2.45, 2.75) is 98.7 Å². The molecule has 0 bridgehead atoms. The molecule has 0 aromatic heterocycles. The van der Waals surface area contributed by atoms with Crippen molar-refractivity contribution >= 4 is 5.97 Å². The number of esters is 1. The second kappa shape index (κ2) is 8.67. The van der Waals surface area contributed by atoms with Crippen molar-refractivity contribution in [3.8, 4) is 0 Å². The van der Waals surface area contributed by atoms with E-state index in [1.54, 1.807) is 0 Å². The van der Waals surface area contributed by atoms with Crippen LogP contribution in [0.1, 0.15) is 86.5 Å². The van der Waals surface area contributed by atoms with E-state index in [4.69, 9.17) is 4.74 Å². The average Bonchev–Trinajstić information content (AvgIpc) is 2.63. The molecule has 3 fully saturated rings. The maximum Gasteiger partial charge on any atom is 0.302 e. The largest absolute Gasteiger partial charge is 0.462 e. The highest BCUT2D eigenvalue weighted by Gasteiger charge is 2.66. The van der Waals surface area contributed by atoms with E-state index in [0.29, 0.717) is 18.4 Å². The summed E-state index contributed by atoms with van der Waals surface area (Å²) in [6.07, 6.45) is 7.79. The second-order valence-corrected chi connectivity index (χ2v) is 11.9. The third-order valence-corrected chi connectivity index (χ3v) is 9.46. The number of hydrogen-bond donors (Lipinski definition) is 2. The normalized spacial score (nSPS) is 42.5. The predicted molar refractivity (Wildman–Crippen MR) is 124 cm³/mol. The van der Waals surface area contributed by atoms with E-state index in [2.05, 4.69) is 41.2 Å². The fourth-order valence-electron chi connectivity index (χ4n) is 8.14. The van der Waals surface area contributed by atoms with E-state index in [1.165, 1.54) is 18.1 Å². The average molecular weight is 433 g/mol. The zero-order chi connectivity index (χ0) is 23.2. The van der Waals surface area contributed by atoms with Crippen LogP contribution in [0.4, 0.5) is 0 Å². The standard InChI is InChI=1S/C27H44O4/c1-17(13-15-31-19(3)28)8-10-20-18(2)9-11-22-26(20,6)16-21(29)24-25(4,5)14-12-23(30)27(22,24)7/h13,20-24,29-30H,2,8-12,14-16H2,1,3-7H3/b17-13-/t20-,21+,22?,23-,24?,26+,27+/m1/s1. The van der Waals surface area contributed by atoms with E-state index in [0.717, 1.165) is 44.9 Å². The number of carbonyl (C=O) groups is 1. The maximum absolute atomic E-state index is 11.5. The van der Waals surface area contributed by atoms with Crippen LogP contribution in [0.25, 0.3) is 0 Å². The van der Waals surface area contributed by atoms with Crippen LogP contribution in [-0.4, -0.2) is 35.0 Å². The number of aliphatic hydroxyl groups excluding tert-OH is 2. The molecule has 4 nitrogen and oxygen atoms in total. The second-order valence-electron chi connectivity index (χ2n) is 11.9. The molecule has 0 radical (unpaired) electrons. The summed E-state index contributed by atoms with van der Waals surface area (Å²) >= 11 is 0. The Morgan fingerprint density at radius 1 is 1.19 bits per heavy atom. The number of allylic oxidation sites excluding steroid dienone is 2. The Bertz CT molecular complexity index is 738. The van der Waals surface area contributed by atoms with Crippen LogP contribution in [0.2, 0.25) is 0 Å². The van der Waals surface area contributed by atoms with Gasteiger partial charge in [-0.1, -0.05) is 45.4 Å². The SMILES string of the molecule is C=C1CCC2[C@]3(C)C([C@@H](O)C[C@@]2(C)[C@@H]1CC/C(C)=C\COC(C)=O)C(C)(C)CC[C@H]3O. The Kier molecular flexibility index (Phi) is 6.85. The molecule has 3 saturated carbocycles. The highest BCUT2D eigenvalue weighted by atomic mass is 16.5. The van der Waals surface area contributed by atoms with Gasteiger partial charge >= 0.3 is 5.97 Å². The molecule has 3 aliphatic rings. The first kappa shape index (κ1) is 24.5. The van der Waals surface area contributed by atoms with Gasteiger partial charge in [-0.2, -0.15) is 0 Å². The van der Waals surface area contributed by atoms with Gasteiger partial charge < -0.3 is 14.9 Å². The van der Waals surface area contributed by atoms with E-state index in [1.807, 2.05) is 6.08 Å². The highest BCUT2D eigenvalue weighted by molar-refractivity contribution is 5.66. The Morgan fingerprint density at radius 2 is 1.87 bits per heavy atom. The predicted octanol–water partition coefficient (Wildman–Crippen LogP) is 5.43. The first-order valence-electron chi connectivity index (χ1n) is 12.2. The molecule has 3 aliphatic carbocycles. The lowest BCUT2D eigenvalue weighted by molar-refractivity contribution is -0.242. The summed E-state index contributed by atoms with van der Waals surface area (Å²) in [5.41, 5.74) is 2.22. The molecule has 0 aliphatic heterocycles. The highest BCUT2D eigenvalue weighted by Crippen LogP contribution is 2.69. The molecule has 7 atom stereocenters. The van der Waals surface area contributed by atoms with Crippen LogP contribution < -0.4 is 0 Å². The van der Waals surface area contributed by atoms with E-state index in [-0.39, 0.29) is 34.2 Å². The van der Waals surface area contributed by atoms with Gasteiger partial charge in [0.2, 0.25) is 0 Å². The van der Waals surface area contributed by atoms with Gasteiger partial charge in [-0.15, -0.1) is 0 Å². The van der Waals surface area contributed by atoms with Crippen LogP contribution in [0, 0.1) is 34.0 Å². The minimum Gasteiger partial charge on any atom is -0.462 e. The lowest BCUT2D eigenvalue weighted by Gasteiger charge is -2.68. The molecular weight excluding hydrogens is 388 g/mol. The number of ether oxygens (including phenoxy) is 1. The van der Waals surface area contributed by atoms with Gasteiger partial charge in [0.1, 0.15) is 6.61 Å². The molecule has 176 valence electrons. The number of hydrogen-bond acceptors (Lipinski definition) is 4. The minimum atomic E-state index is -0.398. The Morgan fingerprint density at radius 3 is 2.52 bits per heavy atom. The first-order chi connectivity index (χ1) is 14.3. The molecule has 0 amide bonds. The van der Waals surface area contributed by atoms with Gasteiger partial charge in [0, 0.05) is 12.3 Å². The fourth-order valence-corrected chi connectivity index (χ4v) is 8.14. The van der Waals surface area contributed by atoms with Crippen molar-refractivity contribution in [1.82, 2.24) is 0 Å². The van der Waals surface area contributed by atoms with Gasteiger partial charge in [-0.3, -0.25) is 4.79 Å². The molecule has 0 spiro atoms. The van der Waals surface area contributed by atoms with Crippen molar-refractivity contribution in [3.05, 3.63) is 23.8 Å². The summed E-state index contributed by atoms with van der Waals surface area (Å²) in [7, 11) is 0. The summed E-state index contributed by atoms with van der Waals surface area (Å²) < 4.78 is 5.06. The molecule has 3 rings (SSSR count). The third kappa shape index (κ3) is 4.27. The maximum atomic E-state index is 11.5. The van der Waals surface area contributed by atoms with E-state index >= 15 is 0 Å².